The predicted molar refractivity (Wildman–Crippen MR) is 78.3 cm³/mol. The van der Waals surface area contributed by atoms with Crippen LogP contribution in [0.15, 0.2) is 17.1 Å². The standard InChI is InChI=1S/C16H19F2N3O3/c17-16(18)7-15(3-4-20(14(15)23)5-11-1-2-11)8-21(9-16)13(22)12-6-24-10-19-12/h6,10-11H,1-5,7-9H2/t15-/m0/s1. The number of nitrogens with zero attached hydrogens (tertiary/aromatic N) is 3. The highest BCUT2D eigenvalue weighted by Crippen LogP contribution is 2.46. The van der Waals surface area contributed by atoms with Crippen LogP contribution in [0, 0.1) is 11.3 Å². The maximum Gasteiger partial charge on any atom is 0.276 e. The summed E-state index contributed by atoms with van der Waals surface area (Å²) in [4.78, 5) is 31.7. The molecule has 2 saturated heterocycles. The maximum absolute atomic E-state index is 14.3. The molecule has 1 aromatic rings. The van der Waals surface area contributed by atoms with E-state index in [0.717, 1.165) is 30.4 Å². The van der Waals surface area contributed by atoms with Gasteiger partial charge in [-0.05, 0) is 25.2 Å². The Morgan fingerprint density at radius 3 is 2.83 bits per heavy atom. The molecule has 1 atom stereocenters. The fraction of sp³-hybridized carbons (Fsp3) is 0.688. The number of rotatable bonds is 3. The molecular weight excluding hydrogens is 320 g/mol. The van der Waals surface area contributed by atoms with Gasteiger partial charge < -0.3 is 14.2 Å². The minimum atomic E-state index is -3.08. The van der Waals surface area contributed by atoms with Gasteiger partial charge in [0.15, 0.2) is 12.1 Å². The fourth-order valence-corrected chi connectivity index (χ4v) is 3.92. The van der Waals surface area contributed by atoms with Crippen molar-refractivity contribution in [3.8, 4) is 0 Å². The van der Waals surface area contributed by atoms with E-state index in [1.54, 1.807) is 4.90 Å². The van der Waals surface area contributed by atoms with Gasteiger partial charge in [0.1, 0.15) is 6.26 Å². The van der Waals surface area contributed by atoms with Crippen LogP contribution in [0.5, 0.6) is 0 Å². The van der Waals surface area contributed by atoms with E-state index in [0.29, 0.717) is 25.4 Å². The van der Waals surface area contributed by atoms with Crippen molar-refractivity contribution in [3.63, 3.8) is 0 Å². The number of amides is 2. The zero-order valence-corrected chi connectivity index (χ0v) is 13.2. The molecular formula is C16H19F2N3O3. The lowest BCUT2D eigenvalue weighted by Crippen LogP contribution is -2.57. The van der Waals surface area contributed by atoms with Crippen molar-refractivity contribution in [2.45, 2.75) is 31.6 Å². The van der Waals surface area contributed by atoms with E-state index in [2.05, 4.69) is 4.98 Å². The number of hydrogen-bond acceptors (Lipinski definition) is 4. The smallest absolute Gasteiger partial charge is 0.276 e. The first-order valence-electron chi connectivity index (χ1n) is 8.23. The number of oxazole rings is 1. The Balaban J connectivity index is 1.56. The number of piperidine rings is 1. The Kier molecular flexibility index (Phi) is 3.40. The van der Waals surface area contributed by atoms with Crippen molar-refractivity contribution in [1.29, 1.82) is 0 Å². The van der Waals surface area contributed by atoms with Gasteiger partial charge in [0.2, 0.25) is 5.91 Å². The summed E-state index contributed by atoms with van der Waals surface area (Å²) < 4.78 is 33.4. The number of alkyl halides is 2. The van der Waals surface area contributed by atoms with E-state index in [1.807, 2.05) is 0 Å². The SMILES string of the molecule is O=C(c1cocn1)N1CC(F)(F)C[C@@]2(CCN(CC3CC3)C2=O)C1. The van der Waals surface area contributed by atoms with Crippen LogP contribution in [0.4, 0.5) is 8.78 Å². The molecule has 8 heteroatoms. The first-order chi connectivity index (χ1) is 11.4. The van der Waals surface area contributed by atoms with Crippen LogP contribution in [0.1, 0.15) is 36.2 Å². The largest absolute Gasteiger partial charge is 0.451 e. The summed E-state index contributed by atoms with van der Waals surface area (Å²) in [6, 6.07) is 0. The summed E-state index contributed by atoms with van der Waals surface area (Å²) in [5.41, 5.74) is -1.18. The number of hydrogen-bond donors (Lipinski definition) is 0. The number of carbonyl (C=O) groups is 2. The number of likely N-dealkylation sites (tertiary alicyclic amines) is 2. The van der Waals surface area contributed by atoms with Gasteiger partial charge >= 0.3 is 0 Å². The summed E-state index contributed by atoms with van der Waals surface area (Å²) in [6.07, 6.45) is 4.31. The molecule has 3 aliphatic rings. The molecule has 0 unspecified atom stereocenters. The maximum atomic E-state index is 14.3. The molecule has 1 saturated carbocycles. The second-order valence-electron chi connectivity index (χ2n) is 7.29. The molecule has 6 nitrogen and oxygen atoms in total. The van der Waals surface area contributed by atoms with Gasteiger partial charge in [-0.1, -0.05) is 0 Å². The zero-order chi connectivity index (χ0) is 16.9. The first kappa shape index (κ1) is 15.5. The van der Waals surface area contributed by atoms with E-state index in [-0.39, 0.29) is 18.1 Å². The molecule has 130 valence electrons. The Morgan fingerprint density at radius 1 is 1.38 bits per heavy atom. The van der Waals surface area contributed by atoms with Gasteiger partial charge in [-0.25, -0.2) is 13.8 Å². The van der Waals surface area contributed by atoms with Crippen molar-refractivity contribution in [2.75, 3.05) is 26.2 Å². The topological polar surface area (TPSA) is 66.7 Å². The summed E-state index contributed by atoms with van der Waals surface area (Å²) >= 11 is 0. The van der Waals surface area contributed by atoms with Gasteiger partial charge in [-0.15, -0.1) is 0 Å². The van der Waals surface area contributed by atoms with Gasteiger partial charge in [-0.3, -0.25) is 9.59 Å². The Bertz CT molecular complexity index is 660. The first-order valence-corrected chi connectivity index (χ1v) is 8.23. The molecule has 2 amide bonds. The van der Waals surface area contributed by atoms with Crippen LogP contribution >= 0.6 is 0 Å². The van der Waals surface area contributed by atoms with Crippen LogP contribution in [-0.4, -0.2) is 58.7 Å². The summed E-state index contributed by atoms with van der Waals surface area (Å²) in [7, 11) is 0. The Morgan fingerprint density at radius 2 is 2.17 bits per heavy atom. The highest BCUT2D eigenvalue weighted by atomic mass is 19.3. The molecule has 1 aliphatic carbocycles. The quantitative estimate of drug-likeness (QED) is 0.842. The molecule has 0 N–H and O–H groups in total. The average molecular weight is 339 g/mol. The average Bonchev–Trinajstić information content (AvgIpc) is 3.08. The third-order valence-corrected chi connectivity index (χ3v) is 5.23. The molecule has 24 heavy (non-hydrogen) atoms. The third kappa shape index (κ3) is 2.67. The molecule has 0 radical (unpaired) electrons. The van der Waals surface area contributed by atoms with E-state index in [1.165, 1.54) is 0 Å². The predicted octanol–water partition coefficient (Wildman–Crippen LogP) is 1.78. The van der Waals surface area contributed by atoms with E-state index >= 15 is 0 Å². The van der Waals surface area contributed by atoms with Crippen LogP contribution in [0.2, 0.25) is 0 Å². The molecule has 4 rings (SSSR count). The van der Waals surface area contributed by atoms with Crippen LogP contribution in [0.3, 0.4) is 0 Å². The molecule has 3 heterocycles. The Labute approximate surface area is 137 Å². The minimum Gasteiger partial charge on any atom is -0.451 e. The number of carbonyl (C=O) groups excluding carboxylic acids is 2. The summed E-state index contributed by atoms with van der Waals surface area (Å²) in [5, 5.41) is 0. The van der Waals surface area contributed by atoms with E-state index in [9.17, 15) is 18.4 Å². The van der Waals surface area contributed by atoms with Crippen molar-refractivity contribution in [1.82, 2.24) is 14.8 Å². The van der Waals surface area contributed by atoms with Gasteiger partial charge in [-0.2, -0.15) is 0 Å². The zero-order valence-electron chi connectivity index (χ0n) is 13.2. The van der Waals surface area contributed by atoms with Crippen LogP contribution in [-0.2, 0) is 4.79 Å². The highest BCUT2D eigenvalue weighted by Gasteiger charge is 2.58. The molecule has 3 fully saturated rings. The summed E-state index contributed by atoms with van der Waals surface area (Å²) in [6.45, 7) is 0.491. The fourth-order valence-electron chi connectivity index (χ4n) is 3.92. The second kappa shape index (κ2) is 5.26. The van der Waals surface area contributed by atoms with Gasteiger partial charge in [0.05, 0.1) is 12.0 Å². The normalized spacial score (nSPS) is 29.5. The third-order valence-electron chi connectivity index (χ3n) is 5.23. The van der Waals surface area contributed by atoms with Crippen LogP contribution in [0.25, 0.3) is 0 Å². The number of aromatic nitrogens is 1. The molecule has 0 aromatic carbocycles. The van der Waals surface area contributed by atoms with Gasteiger partial charge in [0, 0.05) is 26.1 Å². The highest BCUT2D eigenvalue weighted by molar-refractivity contribution is 5.93. The lowest BCUT2D eigenvalue weighted by atomic mass is 9.77. The lowest BCUT2D eigenvalue weighted by Gasteiger charge is -2.42. The lowest BCUT2D eigenvalue weighted by molar-refractivity contribution is -0.151. The van der Waals surface area contributed by atoms with Crippen molar-refractivity contribution >= 4 is 11.8 Å². The monoisotopic (exact) mass is 339 g/mol. The molecule has 1 aromatic heterocycles. The van der Waals surface area contributed by atoms with Crippen molar-refractivity contribution in [3.05, 3.63) is 18.4 Å². The minimum absolute atomic E-state index is 0.0110. The van der Waals surface area contributed by atoms with E-state index < -0.39 is 30.2 Å². The van der Waals surface area contributed by atoms with Crippen molar-refractivity contribution < 1.29 is 22.8 Å². The van der Waals surface area contributed by atoms with Crippen molar-refractivity contribution in [2.24, 2.45) is 11.3 Å². The summed E-state index contributed by atoms with van der Waals surface area (Å²) in [5.74, 6) is -3.41. The molecule has 2 aliphatic heterocycles. The Hall–Kier alpha value is -1.99. The molecule has 0 bridgehead atoms. The molecule has 1 spiro atoms. The van der Waals surface area contributed by atoms with Gasteiger partial charge in [0.25, 0.3) is 11.8 Å². The number of halogens is 2. The second-order valence-corrected chi connectivity index (χ2v) is 7.29. The van der Waals surface area contributed by atoms with Crippen LogP contribution < -0.4 is 0 Å². The van der Waals surface area contributed by atoms with E-state index in [4.69, 9.17) is 4.42 Å².